The molecule has 0 aromatic rings. The fourth-order valence-electron chi connectivity index (χ4n) is 1.42. The Morgan fingerprint density at radius 1 is 1.47 bits per heavy atom. The Labute approximate surface area is 86.3 Å². The second-order valence-corrected chi connectivity index (χ2v) is 3.15. The summed E-state index contributed by atoms with van der Waals surface area (Å²) in [4.78, 5) is 15.6. The number of amides is 1. The van der Waals surface area contributed by atoms with Crippen LogP contribution in [0.15, 0.2) is 29.2 Å². The van der Waals surface area contributed by atoms with Crippen LogP contribution in [0.1, 0.15) is 0 Å². The molecule has 80 valence electrons. The van der Waals surface area contributed by atoms with Crippen LogP contribution in [0, 0.1) is 0 Å². The number of amidine groups is 1. The Balaban J connectivity index is 2.23. The zero-order valence-corrected chi connectivity index (χ0v) is 7.90. The summed E-state index contributed by atoms with van der Waals surface area (Å²) in [7, 11) is 0. The second kappa shape index (κ2) is 3.62. The summed E-state index contributed by atoms with van der Waals surface area (Å²) in [5.41, 5.74) is 11.4. The van der Waals surface area contributed by atoms with Crippen LogP contribution in [0.2, 0.25) is 0 Å². The molecule has 15 heavy (non-hydrogen) atoms. The second-order valence-electron chi connectivity index (χ2n) is 3.15. The highest BCUT2D eigenvalue weighted by Gasteiger charge is 2.32. The van der Waals surface area contributed by atoms with Crippen LogP contribution in [-0.2, 0) is 4.79 Å². The monoisotopic (exact) mass is 208 g/mol. The van der Waals surface area contributed by atoms with Crippen molar-refractivity contribution in [2.45, 2.75) is 12.3 Å². The Morgan fingerprint density at radius 2 is 2.27 bits per heavy atom. The minimum absolute atomic E-state index is 0.212. The van der Waals surface area contributed by atoms with E-state index in [0.29, 0.717) is 11.5 Å². The van der Waals surface area contributed by atoms with Crippen molar-refractivity contribution in [3.63, 3.8) is 0 Å². The summed E-state index contributed by atoms with van der Waals surface area (Å²) in [5.74, 6) is 0.302. The van der Waals surface area contributed by atoms with Crippen LogP contribution in [0.25, 0.3) is 0 Å². The predicted molar refractivity (Wildman–Crippen MR) is 55.0 cm³/mol. The largest absolute Gasteiger partial charge is 0.405 e. The number of rotatable bonds is 1. The first-order valence-electron chi connectivity index (χ1n) is 4.46. The summed E-state index contributed by atoms with van der Waals surface area (Å²) in [6.45, 7) is 0. The van der Waals surface area contributed by atoms with E-state index in [-0.39, 0.29) is 5.91 Å². The summed E-state index contributed by atoms with van der Waals surface area (Å²) < 4.78 is 0. The smallest absolute Gasteiger partial charge is 0.253 e. The number of carbonyl (C=O) groups excluding carboxylic acids is 1. The first kappa shape index (κ1) is 9.53. The number of carbonyl (C=O) groups is 1. The first-order chi connectivity index (χ1) is 7.20. The molecule has 2 aliphatic rings. The highest BCUT2D eigenvalue weighted by molar-refractivity contribution is 6.09. The Kier molecular flexibility index (Phi) is 2.30. The lowest BCUT2D eigenvalue weighted by Crippen LogP contribution is -2.62. The Morgan fingerprint density at radius 3 is 3.00 bits per heavy atom. The molecule has 2 atom stereocenters. The summed E-state index contributed by atoms with van der Waals surface area (Å²) in [5, 5.41) is 8.36. The van der Waals surface area contributed by atoms with Gasteiger partial charge >= 0.3 is 0 Å². The number of nitrogens with one attached hydrogen (secondary N) is 3. The van der Waals surface area contributed by atoms with Crippen LogP contribution in [0.3, 0.4) is 0 Å². The standard InChI is InChI=1S/C8H12N6O/c9-2-1-4-3-11-6-5(12-4)7(15)14-8(10)13-6/h1-3,5,8,12H,9-10H2,(H,11,13)(H,14,15). The van der Waals surface area contributed by atoms with Gasteiger partial charge in [-0.05, 0) is 12.3 Å². The van der Waals surface area contributed by atoms with Gasteiger partial charge in [-0.25, -0.2) is 4.99 Å². The summed E-state index contributed by atoms with van der Waals surface area (Å²) in [6.07, 6.45) is 4.02. The van der Waals surface area contributed by atoms with Crippen LogP contribution in [0.4, 0.5) is 0 Å². The third-order valence-corrected chi connectivity index (χ3v) is 2.07. The number of allylic oxidation sites excluding steroid dienone is 1. The van der Waals surface area contributed by atoms with Gasteiger partial charge in [-0.2, -0.15) is 0 Å². The van der Waals surface area contributed by atoms with Gasteiger partial charge in [0.1, 0.15) is 5.84 Å². The van der Waals surface area contributed by atoms with Gasteiger partial charge in [-0.1, -0.05) is 0 Å². The van der Waals surface area contributed by atoms with Gasteiger partial charge < -0.3 is 21.7 Å². The molecule has 0 saturated heterocycles. The van der Waals surface area contributed by atoms with Gasteiger partial charge in [-0.15, -0.1) is 0 Å². The average molecular weight is 208 g/mol. The predicted octanol–water partition coefficient (Wildman–Crippen LogP) is -2.37. The van der Waals surface area contributed by atoms with Crippen molar-refractivity contribution in [1.82, 2.24) is 16.0 Å². The molecule has 2 unspecified atom stereocenters. The average Bonchev–Trinajstić information content (AvgIpc) is 2.19. The summed E-state index contributed by atoms with van der Waals surface area (Å²) >= 11 is 0. The number of fused-ring (bicyclic) bond motifs is 1. The van der Waals surface area contributed by atoms with E-state index in [2.05, 4.69) is 20.9 Å². The zero-order valence-electron chi connectivity index (χ0n) is 7.90. The number of aliphatic imine (C=N–C) groups is 1. The van der Waals surface area contributed by atoms with Crippen LogP contribution >= 0.6 is 0 Å². The molecule has 2 heterocycles. The highest BCUT2D eigenvalue weighted by atomic mass is 16.2. The first-order valence-corrected chi connectivity index (χ1v) is 4.46. The minimum atomic E-state index is -0.682. The Bertz CT molecular complexity index is 371. The quantitative estimate of drug-likeness (QED) is 0.330. The number of hydrogen-bond donors (Lipinski definition) is 5. The van der Waals surface area contributed by atoms with Crippen molar-refractivity contribution in [3.05, 3.63) is 24.2 Å². The highest BCUT2D eigenvalue weighted by Crippen LogP contribution is 2.05. The molecule has 0 spiro atoms. The van der Waals surface area contributed by atoms with E-state index in [1.54, 1.807) is 12.3 Å². The van der Waals surface area contributed by atoms with Crippen LogP contribution in [0.5, 0.6) is 0 Å². The molecule has 2 aliphatic heterocycles. The maximum Gasteiger partial charge on any atom is 0.253 e. The third kappa shape index (κ3) is 1.77. The maximum atomic E-state index is 11.5. The van der Waals surface area contributed by atoms with Gasteiger partial charge in [0.25, 0.3) is 5.91 Å². The van der Waals surface area contributed by atoms with E-state index in [9.17, 15) is 4.79 Å². The van der Waals surface area contributed by atoms with Gasteiger partial charge in [0.05, 0.1) is 5.70 Å². The topological polar surface area (TPSA) is 118 Å². The van der Waals surface area contributed by atoms with E-state index in [1.165, 1.54) is 6.20 Å². The van der Waals surface area contributed by atoms with Crippen LogP contribution in [-0.4, -0.2) is 24.1 Å². The molecular formula is C8H12N6O. The molecule has 0 fully saturated rings. The van der Waals surface area contributed by atoms with Crippen molar-refractivity contribution in [2.24, 2.45) is 16.5 Å². The molecule has 2 rings (SSSR count). The molecule has 7 nitrogen and oxygen atoms in total. The molecule has 7 N–H and O–H groups in total. The maximum absolute atomic E-state index is 11.5. The number of nitrogens with two attached hydrogens (primary N) is 2. The van der Waals surface area contributed by atoms with Gasteiger partial charge in [0, 0.05) is 6.20 Å². The van der Waals surface area contributed by atoms with Gasteiger partial charge in [0.15, 0.2) is 12.3 Å². The molecule has 0 aliphatic carbocycles. The molecule has 0 aromatic heterocycles. The molecule has 7 heteroatoms. The lowest BCUT2D eigenvalue weighted by atomic mass is 10.1. The van der Waals surface area contributed by atoms with Crippen molar-refractivity contribution in [1.29, 1.82) is 0 Å². The molecule has 0 bridgehead atoms. The lowest BCUT2D eigenvalue weighted by molar-refractivity contribution is -0.122. The fourth-order valence-corrected chi connectivity index (χ4v) is 1.42. The van der Waals surface area contributed by atoms with E-state index >= 15 is 0 Å². The van der Waals surface area contributed by atoms with E-state index in [1.807, 2.05) is 0 Å². The molecule has 0 radical (unpaired) electrons. The van der Waals surface area contributed by atoms with Crippen molar-refractivity contribution < 1.29 is 4.79 Å². The minimum Gasteiger partial charge on any atom is -0.405 e. The van der Waals surface area contributed by atoms with Crippen LogP contribution < -0.4 is 27.4 Å². The molecule has 0 aromatic carbocycles. The van der Waals surface area contributed by atoms with Gasteiger partial charge in [-0.3, -0.25) is 10.5 Å². The molecular weight excluding hydrogens is 196 g/mol. The van der Waals surface area contributed by atoms with E-state index in [0.717, 1.165) is 0 Å². The van der Waals surface area contributed by atoms with Gasteiger partial charge in [0.2, 0.25) is 0 Å². The number of hydrogen-bond acceptors (Lipinski definition) is 6. The summed E-state index contributed by atoms with van der Waals surface area (Å²) in [6, 6.07) is -0.527. The van der Waals surface area contributed by atoms with E-state index < -0.39 is 12.3 Å². The van der Waals surface area contributed by atoms with Crippen molar-refractivity contribution >= 4 is 11.7 Å². The SMILES string of the molecule is NC=CC1=CNC2=NC(N)NC(=O)C2N1. The zero-order chi connectivity index (χ0) is 10.8. The number of nitrogens with zero attached hydrogens (tertiary/aromatic N) is 1. The molecule has 0 saturated carbocycles. The third-order valence-electron chi connectivity index (χ3n) is 2.07. The fraction of sp³-hybridized carbons (Fsp3) is 0.250. The van der Waals surface area contributed by atoms with Crippen molar-refractivity contribution in [3.8, 4) is 0 Å². The Hall–Kier alpha value is -2.02. The normalized spacial score (nSPS) is 29.5. The lowest BCUT2D eigenvalue weighted by Gasteiger charge is -2.30. The van der Waals surface area contributed by atoms with Crippen molar-refractivity contribution in [2.75, 3.05) is 0 Å². The van der Waals surface area contributed by atoms with E-state index in [4.69, 9.17) is 11.5 Å². The molecule has 1 amide bonds.